The SMILES string of the molecule is CCCCCCC1(CCCCCC)c2cc(-c3c4nc(c(-c5cc(OC)c(OC)c(OC)c5)c5ccc(cc6nc(c(-c7cc(OC)c(OC)c(OC)c7)c7ccc3[n-]7)C=C6)[n-]5)C=C4)ccc2-c2ccc(-c3c4nc(c(-c5cc(OC)c(OC)c(OC)c5)c5ccc([n-]5)c(/C=C/c5ccc(N(c6ccccc6)c6ccccc6)cc5)c5nc(c(-c6cc(OC)c(OC)c(OC)c6)c6ccc3[n-]6)C=C5)C=C4)cc21.[Pd+2].[Pd+2]. The maximum atomic E-state index is 6.18. The molecule has 9 aromatic carbocycles. The fourth-order valence-corrected chi connectivity index (χ4v) is 20.7. The molecule has 6 aromatic heterocycles. The van der Waals surface area contributed by atoms with E-state index in [2.05, 4.69) is 213 Å². The predicted molar refractivity (Wildman–Crippen MR) is 572 cm³/mol. The molecule has 0 unspecified atom stereocenters. The van der Waals surface area contributed by atoms with E-state index in [1.165, 1.54) is 11.1 Å². The van der Waals surface area contributed by atoms with Gasteiger partial charge in [0.2, 0.25) is 23.0 Å². The van der Waals surface area contributed by atoms with Crippen LogP contribution in [0.4, 0.5) is 17.1 Å². The van der Waals surface area contributed by atoms with Gasteiger partial charge in [-0.05, 0) is 259 Å². The van der Waals surface area contributed by atoms with Gasteiger partial charge in [-0.25, -0.2) is 19.9 Å². The van der Waals surface area contributed by atoms with Crippen LogP contribution in [-0.4, -0.2) is 105 Å². The summed E-state index contributed by atoms with van der Waals surface area (Å²) in [6.07, 6.45) is 30.8. The first kappa shape index (κ1) is 98.8. The van der Waals surface area contributed by atoms with Crippen LogP contribution in [0.15, 0.2) is 224 Å². The molecule has 20 rings (SSSR count). The molecule has 4 aliphatic heterocycles. The molecule has 0 spiro atoms. The van der Waals surface area contributed by atoms with Crippen LogP contribution in [0.3, 0.4) is 0 Å². The van der Waals surface area contributed by atoms with Gasteiger partial charge in [-0.15, -0.1) is 44.1 Å². The Morgan fingerprint density at radius 1 is 0.271 bits per heavy atom. The van der Waals surface area contributed by atoms with Crippen LogP contribution in [0.2, 0.25) is 0 Å². The molecule has 0 saturated carbocycles. The number of hydrogen-bond acceptors (Lipinski definition) is 17. The van der Waals surface area contributed by atoms with Crippen molar-refractivity contribution in [2.75, 3.05) is 90.2 Å². The molecular weight excluding hydrogens is 1980 g/mol. The van der Waals surface area contributed by atoms with Gasteiger partial charge < -0.3 is 81.7 Å². The second kappa shape index (κ2) is 43.2. The average molecular weight is 2090 g/mol. The molecular formula is C121H109N9O12Pd2. The van der Waals surface area contributed by atoms with E-state index in [4.69, 9.17) is 96.7 Å². The summed E-state index contributed by atoms with van der Waals surface area (Å²) < 4.78 is 72.9. The summed E-state index contributed by atoms with van der Waals surface area (Å²) in [5, 5.41) is 0. The average Bonchev–Trinajstić information content (AvgIpc) is 1.55. The van der Waals surface area contributed by atoms with E-state index in [0.29, 0.717) is 170 Å². The van der Waals surface area contributed by atoms with Crippen LogP contribution in [-0.2, 0) is 46.3 Å². The molecule has 15 aromatic rings. The van der Waals surface area contributed by atoms with Gasteiger partial charge in [0.25, 0.3) is 0 Å². The number of benzene rings is 9. The minimum absolute atomic E-state index is 0. The Morgan fingerprint density at radius 3 is 0.944 bits per heavy atom. The number of anilines is 3. The molecule has 23 heteroatoms. The smallest absolute Gasteiger partial charge is 0.657 e. The normalized spacial score (nSPS) is 12.3. The molecule has 16 bridgehead atoms. The fourth-order valence-electron chi connectivity index (χ4n) is 20.7. The molecule has 0 radical (unpaired) electrons. The number of fused-ring (bicyclic) bond motifs is 19. The van der Waals surface area contributed by atoms with Crippen molar-refractivity contribution in [1.29, 1.82) is 0 Å². The molecule has 0 atom stereocenters. The zero-order valence-electron chi connectivity index (χ0n) is 82.8. The second-order valence-electron chi connectivity index (χ2n) is 35.4. The van der Waals surface area contributed by atoms with Crippen molar-refractivity contribution in [2.24, 2.45) is 0 Å². The van der Waals surface area contributed by atoms with Gasteiger partial charge in [0.15, 0.2) is 46.0 Å². The zero-order valence-corrected chi connectivity index (χ0v) is 85.9. The predicted octanol–water partition coefficient (Wildman–Crippen LogP) is 28.1. The standard InChI is InChI=1S/C121H109N9O12.2Pd/c1-15-17-19-27-59-121(60-28-20-18-16-2)87-61-73(111-93-51-55-99(126-93)113(75-63-103(131-3)117(139-11)104(64-75)132-4)91-45-38-79(122-91)71-80-39-46-92(123-80)114(100-56-52-94(111)127-100)76-65-105(133-5)118(140-12)106(66-76)134-6)36-43-84(87)85-44-37-74(62-88(85)121)112-95-53-57-101(128-95)115(77-67-107(135-7)119(141-13)108(68-77)136-8)97-49-47-89(124-97)86(42-35-72-33-40-83(41-34-72)130(81-29-23-21-24-30-81)82-31-25-22-26-32-82)90-48-50-98(125-90)116(102-58-54-96(112)129-102)78-69-109(137-9)120(142-14)110(70-78)138-10;;/h21-26,29-58,61-71H,15-20,27-28,59-60H2,1-14H3;;/q-4;2*+2/b42-35+,79-71?,80-71?,89-86?,90-86?,111-93?,111-94?,112-95?,112-96?,113-91?,113-99?,114-92?,114-100?,115-97?,115-101?,116-98?,116-102?;;. The minimum atomic E-state index is -0.549. The summed E-state index contributed by atoms with van der Waals surface area (Å²) in [5.74, 6) is 5.57. The van der Waals surface area contributed by atoms with E-state index >= 15 is 0 Å². The largest absolute Gasteiger partial charge is 2.00 e. The summed E-state index contributed by atoms with van der Waals surface area (Å²) >= 11 is 0. The van der Waals surface area contributed by atoms with Gasteiger partial charge in [-0.1, -0.05) is 205 Å². The maximum absolute atomic E-state index is 6.18. The van der Waals surface area contributed by atoms with Crippen LogP contribution >= 0.6 is 0 Å². The summed E-state index contributed by atoms with van der Waals surface area (Å²) in [7, 11) is 19.5. The molecule has 10 heterocycles. The van der Waals surface area contributed by atoms with Crippen LogP contribution in [0.1, 0.15) is 146 Å². The van der Waals surface area contributed by atoms with Crippen LogP contribution in [0.25, 0.3) is 183 Å². The second-order valence-corrected chi connectivity index (χ2v) is 35.4. The number of ether oxygens (including phenoxy) is 12. The molecule has 0 N–H and O–H groups in total. The van der Waals surface area contributed by atoms with Gasteiger partial charge in [0, 0.05) is 22.5 Å². The minimum Gasteiger partial charge on any atom is -0.657 e. The number of para-hydroxylation sites is 2. The molecule has 144 heavy (non-hydrogen) atoms. The number of unbranched alkanes of at least 4 members (excludes halogenated alkanes) is 6. The van der Waals surface area contributed by atoms with Gasteiger partial charge in [-0.2, -0.15) is 0 Å². The summed E-state index contributed by atoms with van der Waals surface area (Å²) in [6.45, 7) is 4.57. The number of rotatable bonds is 33. The summed E-state index contributed by atoms with van der Waals surface area (Å²) in [6, 6.07) is 77.7. The van der Waals surface area contributed by atoms with E-state index in [1.54, 1.807) is 85.3 Å². The Balaban J connectivity index is 0.00000682. The van der Waals surface area contributed by atoms with Crippen molar-refractivity contribution < 1.29 is 97.7 Å². The number of hydrogen-bond donors (Lipinski definition) is 0. The molecule has 730 valence electrons. The van der Waals surface area contributed by atoms with Crippen LogP contribution in [0, 0.1) is 0 Å². The fraction of sp³-hybridized carbons (Fsp3) is 0.207. The van der Waals surface area contributed by atoms with Crippen LogP contribution < -0.4 is 81.7 Å². The monoisotopic (exact) mass is 2090 g/mol. The number of aromatic nitrogens is 8. The first-order chi connectivity index (χ1) is 69.7. The Morgan fingerprint density at radius 2 is 0.583 bits per heavy atom. The van der Waals surface area contributed by atoms with Crippen molar-refractivity contribution in [3.8, 4) is 147 Å². The van der Waals surface area contributed by atoms with Crippen molar-refractivity contribution in [3.05, 3.63) is 292 Å². The molecule has 0 saturated heterocycles. The molecule has 0 amide bonds. The van der Waals surface area contributed by atoms with E-state index in [9.17, 15) is 0 Å². The summed E-state index contributed by atoms with van der Waals surface area (Å²) in [5.41, 5.74) is 29.1. The van der Waals surface area contributed by atoms with E-state index in [0.717, 1.165) is 159 Å². The van der Waals surface area contributed by atoms with E-state index < -0.39 is 5.41 Å². The topological polar surface area (TPSA) is 222 Å². The molecule has 21 nitrogen and oxygen atoms in total. The molecule has 0 fully saturated rings. The molecule has 5 aliphatic rings. The van der Waals surface area contributed by atoms with Gasteiger partial charge >= 0.3 is 40.8 Å². The third-order valence-corrected chi connectivity index (χ3v) is 27.4. The number of methoxy groups -OCH3 is 12. The Bertz CT molecular complexity index is 7670. The number of nitrogens with zero attached hydrogens (tertiary/aromatic N) is 9. The van der Waals surface area contributed by atoms with Crippen molar-refractivity contribution in [3.63, 3.8) is 0 Å². The van der Waals surface area contributed by atoms with Crippen molar-refractivity contribution >= 4 is 122 Å². The van der Waals surface area contributed by atoms with Gasteiger partial charge in [0.1, 0.15) is 0 Å². The van der Waals surface area contributed by atoms with Gasteiger partial charge in [-0.3, -0.25) is 0 Å². The van der Waals surface area contributed by atoms with Crippen molar-refractivity contribution in [2.45, 2.75) is 83.5 Å². The summed E-state index contributed by atoms with van der Waals surface area (Å²) in [4.78, 5) is 47.8. The Labute approximate surface area is 866 Å². The van der Waals surface area contributed by atoms with E-state index in [-0.39, 0.29) is 40.8 Å². The third-order valence-electron chi connectivity index (χ3n) is 27.4. The van der Waals surface area contributed by atoms with Gasteiger partial charge in [0.05, 0.1) is 131 Å². The first-order valence-corrected chi connectivity index (χ1v) is 48.0. The molecule has 1 aliphatic carbocycles. The Kier molecular flexibility index (Phi) is 29.7. The maximum Gasteiger partial charge on any atom is 2.00 e. The van der Waals surface area contributed by atoms with Crippen molar-refractivity contribution in [1.82, 2.24) is 39.9 Å². The van der Waals surface area contributed by atoms with Crippen LogP contribution in [0.5, 0.6) is 69.0 Å². The first-order valence-electron chi connectivity index (χ1n) is 48.0. The van der Waals surface area contributed by atoms with E-state index in [1.807, 2.05) is 91.0 Å². The third kappa shape index (κ3) is 18.6. The quantitative estimate of drug-likeness (QED) is 0.0275. The Hall–Kier alpha value is -15.4. The zero-order chi connectivity index (χ0) is 97.8.